The summed E-state index contributed by atoms with van der Waals surface area (Å²) in [7, 11) is 0. The maximum absolute atomic E-state index is 12.0. The van der Waals surface area contributed by atoms with Crippen LogP contribution in [-0.2, 0) is 4.79 Å². The fraction of sp³-hybridized carbons (Fsp3) is 0.250. The molecular formula is C20H21NO3. The van der Waals surface area contributed by atoms with Gasteiger partial charge in [-0.3, -0.25) is 4.79 Å². The van der Waals surface area contributed by atoms with Crippen LogP contribution in [0.2, 0.25) is 0 Å². The van der Waals surface area contributed by atoms with Gasteiger partial charge in [0.2, 0.25) is 0 Å². The van der Waals surface area contributed by atoms with Gasteiger partial charge in [0.1, 0.15) is 17.1 Å². The van der Waals surface area contributed by atoms with E-state index in [1.54, 1.807) is 0 Å². The number of fused-ring (bicyclic) bond motifs is 1. The Balaban J connectivity index is 1.68. The van der Waals surface area contributed by atoms with Crippen LogP contribution in [0.4, 0.5) is 5.69 Å². The summed E-state index contributed by atoms with van der Waals surface area (Å²) < 4.78 is 11.7. The number of carbonyl (C=O) groups excluding carboxylic acids is 1. The Labute approximate surface area is 142 Å². The van der Waals surface area contributed by atoms with Crippen molar-refractivity contribution < 1.29 is 14.3 Å². The standard InChI is InChI=1S/C20H21NO3/c1-14-17(10-9-15-11-12-20(2,3)24-19(14)15)23-13-18(22)21-16-7-5-4-6-8-16/h4-12H,13H2,1-3H3,(H,21,22). The van der Waals surface area contributed by atoms with Crippen LogP contribution in [0.25, 0.3) is 6.08 Å². The number of hydrogen-bond acceptors (Lipinski definition) is 3. The minimum Gasteiger partial charge on any atom is -0.483 e. The van der Waals surface area contributed by atoms with Crippen LogP contribution in [-0.4, -0.2) is 18.1 Å². The zero-order valence-electron chi connectivity index (χ0n) is 14.1. The molecule has 0 bridgehead atoms. The predicted octanol–water partition coefficient (Wildman–Crippen LogP) is 4.20. The summed E-state index contributed by atoms with van der Waals surface area (Å²) in [6.45, 7) is 5.91. The first-order chi connectivity index (χ1) is 11.4. The topological polar surface area (TPSA) is 47.6 Å². The first kappa shape index (κ1) is 16.1. The molecule has 0 saturated heterocycles. The summed E-state index contributed by atoms with van der Waals surface area (Å²) in [5.41, 5.74) is 2.33. The molecular weight excluding hydrogens is 302 g/mol. The second kappa shape index (κ2) is 6.40. The normalized spacial score (nSPS) is 14.5. The molecule has 2 aromatic carbocycles. The molecule has 1 N–H and O–H groups in total. The third kappa shape index (κ3) is 3.59. The smallest absolute Gasteiger partial charge is 0.262 e. The lowest BCUT2D eigenvalue weighted by atomic mass is 10.00. The monoisotopic (exact) mass is 323 g/mol. The van der Waals surface area contributed by atoms with E-state index in [0.29, 0.717) is 5.75 Å². The molecule has 0 fully saturated rings. The van der Waals surface area contributed by atoms with Crippen molar-refractivity contribution in [3.8, 4) is 11.5 Å². The van der Waals surface area contributed by atoms with Crippen molar-refractivity contribution in [1.82, 2.24) is 0 Å². The van der Waals surface area contributed by atoms with E-state index in [9.17, 15) is 4.79 Å². The molecule has 1 amide bonds. The van der Waals surface area contributed by atoms with Crippen LogP contribution in [0.15, 0.2) is 48.5 Å². The molecule has 124 valence electrons. The van der Waals surface area contributed by atoms with Crippen LogP contribution < -0.4 is 14.8 Å². The number of anilines is 1. The van der Waals surface area contributed by atoms with E-state index >= 15 is 0 Å². The summed E-state index contributed by atoms with van der Waals surface area (Å²) in [6, 6.07) is 13.1. The Morgan fingerprint density at radius 2 is 1.92 bits per heavy atom. The number of para-hydroxylation sites is 1. The van der Waals surface area contributed by atoms with Gasteiger partial charge in [0.25, 0.3) is 5.91 Å². The maximum Gasteiger partial charge on any atom is 0.262 e. The van der Waals surface area contributed by atoms with E-state index < -0.39 is 0 Å². The predicted molar refractivity (Wildman–Crippen MR) is 95.5 cm³/mol. The number of amides is 1. The van der Waals surface area contributed by atoms with Gasteiger partial charge in [-0.05, 0) is 51.1 Å². The highest BCUT2D eigenvalue weighted by atomic mass is 16.5. The lowest BCUT2D eigenvalue weighted by molar-refractivity contribution is -0.118. The van der Waals surface area contributed by atoms with Crippen molar-refractivity contribution in [3.05, 3.63) is 59.7 Å². The summed E-state index contributed by atoms with van der Waals surface area (Å²) >= 11 is 0. The third-order valence-corrected chi connectivity index (χ3v) is 3.83. The van der Waals surface area contributed by atoms with Crippen molar-refractivity contribution in [2.75, 3.05) is 11.9 Å². The van der Waals surface area contributed by atoms with Crippen LogP contribution in [0.3, 0.4) is 0 Å². The van der Waals surface area contributed by atoms with E-state index in [0.717, 1.165) is 22.6 Å². The molecule has 0 aliphatic carbocycles. The number of nitrogens with one attached hydrogen (secondary N) is 1. The zero-order valence-corrected chi connectivity index (χ0v) is 14.1. The van der Waals surface area contributed by atoms with Crippen LogP contribution in [0.5, 0.6) is 11.5 Å². The molecule has 0 saturated carbocycles. The summed E-state index contributed by atoms with van der Waals surface area (Å²) in [5.74, 6) is 1.27. The first-order valence-electron chi connectivity index (χ1n) is 7.94. The minimum absolute atomic E-state index is 0.0479. The Bertz CT molecular complexity index is 779. The highest BCUT2D eigenvalue weighted by Gasteiger charge is 2.24. The van der Waals surface area contributed by atoms with E-state index in [-0.39, 0.29) is 18.1 Å². The van der Waals surface area contributed by atoms with Crippen molar-refractivity contribution in [1.29, 1.82) is 0 Å². The van der Waals surface area contributed by atoms with E-state index in [1.165, 1.54) is 0 Å². The first-order valence-corrected chi connectivity index (χ1v) is 7.94. The minimum atomic E-state index is -0.346. The van der Waals surface area contributed by atoms with Gasteiger partial charge >= 0.3 is 0 Å². The fourth-order valence-electron chi connectivity index (χ4n) is 2.57. The van der Waals surface area contributed by atoms with Crippen LogP contribution in [0.1, 0.15) is 25.0 Å². The Morgan fingerprint density at radius 1 is 1.17 bits per heavy atom. The average Bonchev–Trinajstić information content (AvgIpc) is 2.55. The molecule has 24 heavy (non-hydrogen) atoms. The molecule has 1 aliphatic rings. The zero-order chi connectivity index (χ0) is 17.2. The molecule has 0 radical (unpaired) electrons. The Morgan fingerprint density at radius 3 is 2.67 bits per heavy atom. The van der Waals surface area contributed by atoms with Gasteiger partial charge in [-0.2, -0.15) is 0 Å². The lowest BCUT2D eigenvalue weighted by Crippen LogP contribution is -2.28. The highest BCUT2D eigenvalue weighted by Crippen LogP contribution is 2.38. The molecule has 2 aromatic rings. The van der Waals surface area contributed by atoms with Gasteiger partial charge in [-0.25, -0.2) is 0 Å². The van der Waals surface area contributed by atoms with Crippen molar-refractivity contribution in [3.63, 3.8) is 0 Å². The number of benzene rings is 2. The highest BCUT2D eigenvalue weighted by molar-refractivity contribution is 5.91. The SMILES string of the molecule is Cc1c(OCC(=O)Nc2ccccc2)ccc2c1OC(C)(C)C=C2. The van der Waals surface area contributed by atoms with Crippen molar-refractivity contribution in [2.24, 2.45) is 0 Å². The van der Waals surface area contributed by atoms with Crippen molar-refractivity contribution in [2.45, 2.75) is 26.4 Å². The molecule has 1 heterocycles. The van der Waals surface area contributed by atoms with Crippen LogP contribution in [0, 0.1) is 6.92 Å². The summed E-state index contributed by atoms with van der Waals surface area (Å²) in [5, 5.41) is 2.80. The van der Waals surface area contributed by atoms with Gasteiger partial charge < -0.3 is 14.8 Å². The molecule has 4 nitrogen and oxygen atoms in total. The summed E-state index contributed by atoms with van der Waals surface area (Å²) in [4.78, 5) is 12.0. The molecule has 0 aromatic heterocycles. The fourth-order valence-corrected chi connectivity index (χ4v) is 2.57. The number of hydrogen-bond donors (Lipinski definition) is 1. The molecule has 1 aliphatic heterocycles. The molecule has 4 heteroatoms. The average molecular weight is 323 g/mol. The molecule has 3 rings (SSSR count). The second-order valence-electron chi connectivity index (χ2n) is 6.35. The van der Waals surface area contributed by atoms with Gasteiger partial charge in [-0.15, -0.1) is 0 Å². The van der Waals surface area contributed by atoms with E-state index in [4.69, 9.17) is 9.47 Å². The Hall–Kier alpha value is -2.75. The lowest BCUT2D eigenvalue weighted by Gasteiger charge is -2.29. The van der Waals surface area contributed by atoms with E-state index in [2.05, 4.69) is 11.4 Å². The molecule has 0 atom stereocenters. The number of carbonyl (C=O) groups is 1. The molecule has 0 spiro atoms. The van der Waals surface area contributed by atoms with E-state index in [1.807, 2.05) is 69.3 Å². The second-order valence-corrected chi connectivity index (χ2v) is 6.35. The summed E-state index contributed by atoms with van der Waals surface area (Å²) in [6.07, 6.45) is 4.08. The number of rotatable bonds is 4. The van der Waals surface area contributed by atoms with Gasteiger partial charge in [0.05, 0.1) is 0 Å². The largest absolute Gasteiger partial charge is 0.483 e. The maximum atomic E-state index is 12.0. The van der Waals surface area contributed by atoms with Crippen LogP contribution >= 0.6 is 0 Å². The van der Waals surface area contributed by atoms with Gasteiger partial charge in [0.15, 0.2) is 6.61 Å². The number of ether oxygens (including phenoxy) is 2. The van der Waals surface area contributed by atoms with Gasteiger partial charge in [-0.1, -0.05) is 24.3 Å². The third-order valence-electron chi connectivity index (χ3n) is 3.83. The van der Waals surface area contributed by atoms with Gasteiger partial charge in [0, 0.05) is 16.8 Å². The quantitative estimate of drug-likeness (QED) is 0.917. The Kier molecular flexibility index (Phi) is 4.30. The molecule has 0 unspecified atom stereocenters. The van der Waals surface area contributed by atoms with Crippen molar-refractivity contribution >= 4 is 17.7 Å².